The highest BCUT2D eigenvalue weighted by Gasteiger charge is 2.19. The van der Waals surface area contributed by atoms with Gasteiger partial charge in [0.1, 0.15) is 13.2 Å². The summed E-state index contributed by atoms with van der Waals surface area (Å²) in [6.45, 7) is 6.45. The summed E-state index contributed by atoms with van der Waals surface area (Å²) in [5.41, 5.74) is 0. The van der Waals surface area contributed by atoms with Gasteiger partial charge in [0.05, 0.1) is 0 Å². The number of unbranched alkanes of at least 4 members (excludes halogenated alkanes) is 23. The number of hydrogen-bond donors (Lipinski definition) is 0. The number of carbonyl (C=O) groups is 3. The summed E-state index contributed by atoms with van der Waals surface area (Å²) >= 11 is 0. The van der Waals surface area contributed by atoms with Gasteiger partial charge in [-0.2, -0.15) is 0 Å². The third kappa shape index (κ3) is 58.7. The second-order valence-electron chi connectivity index (χ2n) is 19.9. The zero-order valence-electron chi connectivity index (χ0n) is 48.1. The molecular formula is C68H112O6. The molecule has 6 heteroatoms. The van der Waals surface area contributed by atoms with Crippen LogP contribution < -0.4 is 0 Å². The summed E-state index contributed by atoms with van der Waals surface area (Å²) in [7, 11) is 0. The van der Waals surface area contributed by atoms with Gasteiger partial charge in [-0.25, -0.2) is 0 Å². The lowest BCUT2D eigenvalue weighted by Crippen LogP contribution is -2.30. The fourth-order valence-corrected chi connectivity index (χ4v) is 8.13. The Morgan fingerprint density at radius 2 is 0.527 bits per heavy atom. The van der Waals surface area contributed by atoms with Crippen LogP contribution in [0.2, 0.25) is 0 Å². The molecule has 0 fully saturated rings. The predicted molar refractivity (Wildman–Crippen MR) is 320 cm³/mol. The van der Waals surface area contributed by atoms with Gasteiger partial charge in [0.25, 0.3) is 0 Å². The molecule has 1 atom stereocenters. The normalized spacial score (nSPS) is 13.0. The molecule has 74 heavy (non-hydrogen) atoms. The molecule has 0 radical (unpaired) electrons. The number of allylic oxidation sites excluding steroid dienone is 20. The maximum absolute atomic E-state index is 12.8. The smallest absolute Gasteiger partial charge is 0.306 e. The molecule has 0 aliphatic rings. The van der Waals surface area contributed by atoms with Crippen LogP contribution in [0.3, 0.4) is 0 Å². The van der Waals surface area contributed by atoms with Gasteiger partial charge in [0, 0.05) is 19.3 Å². The van der Waals surface area contributed by atoms with Crippen LogP contribution in [0.4, 0.5) is 0 Å². The first-order valence-corrected chi connectivity index (χ1v) is 30.5. The molecule has 0 saturated carbocycles. The van der Waals surface area contributed by atoms with Gasteiger partial charge in [-0.3, -0.25) is 14.4 Å². The van der Waals surface area contributed by atoms with E-state index in [0.29, 0.717) is 19.3 Å². The minimum absolute atomic E-state index is 0.0879. The SMILES string of the molecule is CC/C=C\C/C=C\C/C=C\C/C=C\C/C=C\C/C=C\C/C=C\CCCCCCCCCC(=O)OCC(COC(=O)CCCCCCCCCC)OC(=O)CCCCCCCC/C=C\C/C=C\C/C=C\CCCCC. The van der Waals surface area contributed by atoms with Crippen LogP contribution in [0.15, 0.2) is 122 Å². The zero-order chi connectivity index (χ0) is 53.6. The highest BCUT2D eigenvalue weighted by molar-refractivity contribution is 5.71. The molecule has 0 aliphatic heterocycles. The summed E-state index contributed by atoms with van der Waals surface area (Å²) in [6.07, 6.45) is 84.9. The Morgan fingerprint density at radius 3 is 0.851 bits per heavy atom. The third-order valence-corrected chi connectivity index (χ3v) is 12.7. The minimum atomic E-state index is -0.791. The van der Waals surface area contributed by atoms with Crippen LogP contribution in [0.25, 0.3) is 0 Å². The molecule has 420 valence electrons. The van der Waals surface area contributed by atoms with Crippen molar-refractivity contribution in [1.82, 2.24) is 0 Å². The molecule has 0 aromatic rings. The second-order valence-corrected chi connectivity index (χ2v) is 19.9. The van der Waals surface area contributed by atoms with E-state index in [4.69, 9.17) is 14.2 Å². The molecule has 0 amide bonds. The first-order valence-electron chi connectivity index (χ1n) is 30.5. The first kappa shape index (κ1) is 69.8. The molecule has 1 unspecified atom stereocenters. The van der Waals surface area contributed by atoms with E-state index in [1.807, 2.05) is 0 Å². The number of hydrogen-bond acceptors (Lipinski definition) is 6. The van der Waals surface area contributed by atoms with Gasteiger partial charge < -0.3 is 14.2 Å². The van der Waals surface area contributed by atoms with E-state index >= 15 is 0 Å². The van der Waals surface area contributed by atoms with E-state index in [1.165, 1.54) is 96.3 Å². The van der Waals surface area contributed by atoms with E-state index in [1.54, 1.807) is 0 Å². The third-order valence-electron chi connectivity index (χ3n) is 12.7. The van der Waals surface area contributed by atoms with Crippen molar-refractivity contribution in [3.8, 4) is 0 Å². The fraction of sp³-hybridized carbons (Fsp3) is 0.662. The molecule has 0 N–H and O–H groups in total. The van der Waals surface area contributed by atoms with E-state index in [2.05, 4.69) is 142 Å². The zero-order valence-corrected chi connectivity index (χ0v) is 48.1. The van der Waals surface area contributed by atoms with Crippen molar-refractivity contribution in [2.45, 2.75) is 277 Å². The van der Waals surface area contributed by atoms with E-state index < -0.39 is 6.10 Å². The molecule has 0 rings (SSSR count). The Morgan fingerprint density at radius 1 is 0.284 bits per heavy atom. The lowest BCUT2D eigenvalue weighted by atomic mass is 10.1. The van der Waals surface area contributed by atoms with Crippen molar-refractivity contribution in [1.29, 1.82) is 0 Å². The van der Waals surface area contributed by atoms with E-state index in [0.717, 1.165) is 135 Å². The number of rotatable bonds is 54. The van der Waals surface area contributed by atoms with Crippen LogP contribution in [0, 0.1) is 0 Å². The van der Waals surface area contributed by atoms with Crippen LogP contribution in [0.5, 0.6) is 0 Å². The predicted octanol–water partition coefficient (Wildman–Crippen LogP) is 20.8. The van der Waals surface area contributed by atoms with Gasteiger partial charge in [-0.15, -0.1) is 0 Å². The molecule has 0 heterocycles. The average Bonchev–Trinajstić information content (AvgIpc) is 3.40. The molecular weight excluding hydrogens is 913 g/mol. The monoisotopic (exact) mass is 1020 g/mol. The Bertz CT molecular complexity index is 1550. The number of esters is 3. The summed E-state index contributed by atoms with van der Waals surface area (Å²) < 4.78 is 16.8. The van der Waals surface area contributed by atoms with Crippen molar-refractivity contribution in [2.24, 2.45) is 0 Å². The Labute approximate surface area is 456 Å². The highest BCUT2D eigenvalue weighted by atomic mass is 16.6. The average molecular weight is 1030 g/mol. The van der Waals surface area contributed by atoms with E-state index in [9.17, 15) is 14.4 Å². The summed E-state index contributed by atoms with van der Waals surface area (Å²) in [6, 6.07) is 0. The quantitative estimate of drug-likeness (QED) is 0.0261. The van der Waals surface area contributed by atoms with Crippen molar-refractivity contribution in [3.63, 3.8) is 0 Å². The van der Waals surface area contributed by atoms with Crippen LogP contribution in [-0.4, -0.2) is 37.2 Å². The Kier molecular flexibility index (Phi) is 57.9. The molecule has 0 bridgehead atoms. The largest absolute Gasteiger partial charge is 0.462 e. The Balaban J connectivity index is 4.26. The molecule has 0 aliphatic carbocycles. The number of ether oxygens (including phenoxy) is 3. The second kappa shape index (κ2) is 61.4. The van der Waals surface area contributed by atoms with Gasteiger partial charge >= 0.3 is 17.9 Å². The van der Waals surface area contributed by atoms with E-state index in [-0.39, 0.29) is 31.1 Å². The minimum Gasteiger partial charge on any atom is -0.462 e. The molecule has 0 aromatic heterocycles. The topological polar surface area (TPSA) is 78.9 Å². The molecule has 0 aromatic carbocycles. The maximum Gasteiger partial charge on any atom is 0.306 e. The highest BCUT2D eigenvalue weighted by Crippen LogP contribution is 2.14. The molecule has 6 nitrogen and oxygen atoms in total. The van der Waals surface area contributed by atoms with Crippen molar-refractivity contribution in [3.05, 3.63) is 122 Å². The lowest BCUT2D eigenvalue weighted by molar-refractivity contribution is -0.167. The van der Waals surface area contributed by atoms with Crippen LogP contribution >= 0.6 is 0 Å². The first-order chi connectivity index (χ1) is 36.5. The van der Waals surface area contributed by atoms with Crippen molar-refractivity contribution >= 4 is 17.9 Å². The summed E-state index contributed by atoms with van der Waals surface area (Å²) in [5.74, 6) is -0.916. The summed E-state index contributed by atoms with van der Waals surface area (Å²) in [5, 5.41) is 0. The van der Waals surface area contributed by atoms with Gasteiger partial charge in [0.2, 0.25) is 0 Å². The van der Waals surface area contributed by atoms with Crippen molar-refractivity contribution in [2.75, 3.05) is 13.2 Å². The van der Waals surface area contributed by atoms with Crippen molar-refractivity contribution < 1.29 is 28.6 Å². The standard InChI is InChI=1S/C68H112O6/c1-4-7-10-13-16-19-21-23-25-27-29-30-31-32-33-34-35-36-37-38-40-41-43-45-47-49-52-55-58-61-67(70)73-64-65(63-72-66(69)60-57-54-51-18-15-12-9-6-3)74-68(71)62-59-56-53-50-48-46-44-42-39-28-26-24-22-20-17-14-11-8-5-2/h7,10,16-17,19-20,23-26,29-30,32-33,35-36,38-40,42,65H,4-6,8-9,11-15,18,21-22,27-28,31,34,37,41,43-64H2,1-3H3/b10-7-,19-16-,20-17-,25-23-,26-24-,30-29-,33-32-,36-35-,40-38-,42-39-. The molecule has 0 saturated heterocycles. The summed E-state index contributed by atoms with van der Waals surface area (Å²) in [4.78, 5) is 38.1. The lowest BCUT2D eigenvalue weighted by Gasteiger charge is -2.18. The van der Waals surface area contributed by atoms with Crippen LogP contribution in [0.1, 0.15) is 271 Å². The Hall–Kier alpha value is -4.19. The van der Waals surface area contributed by atoms with Crippen LogP contribution in [-0.2, 0) is 28.6 Å². The fourth-order valence-electron chi connectivity index (χ4n) is 8.13. The van der Waals surface area contributed by atoms with Gasteiger partial charge in [-0.1, -0.05) is 258 Å². The van der Waals surface area contributed by atoms with Gasteiger partial charge in [-0.05, 0) is 116 Å². The maximum atomic E-state index is 12.8. The number of carbonyl (C=O) groups excluding carboxylic acids is 3. The molecule has 0 spiro atoms. The van der Waals surface area contributed by atoms with Gasteiger partial charge in [0.15, 0.2) is 6.10 Å².